The molecule has 1 aliphatic rings. The predicted molar refractivity (Wildman–Crippen MR) is 74.9 cm³/mol. The van der Waals surface area contributed by atoms with Gasteiger partial charge in [0.2, 0.25) is 0 Å². The molecule has 0 saturated carbocycles. The van der Waals surface area contributed by atoms with E-state index in [9.17, 15) is 4.39 Å². The molecule has 0 aliphatic carbocycles. The van der Waals surface area contributed by atoms with Gasteiger partial charge < -0.3 is 10.1 Å². The van der Waals surface area contributed by atoms with E-state index in [0.717, 1.165) is 31.7 Å². The largest absolute Gasteiger partial charge is 0.494 e. The van der Waals surface area contributed by atoms with Crippen molar-refractivity contribution in [3.8, 4) is 5.75 Å². The van der Waals surface area contributed by atoms with Gasteiger partial charge in [-0.25, -0.2) is 4.39 Å². The number of benzene rings is 1. The number of halogens is 1. The standard InChI is InChI=1S/C15H23FN2O/c1-3-18(13-5-4-8-17-10-13)11-12-6-7-15(19-2)14(16)9-12/h6-7,9,13,17H,3-5,8,10-11H2,1-2H3. The predicted octanol–water partition coefficient (Wildman–Crippen LogP) is 2.41. The average molecular weight is 266 g/mol. The SMILES string of the molecule is CCN(Cc1ccc(OC)c(F)c1)C1CCCNC1. The maximum Gasteiger partial charge on any atom is 0.165 e. The molecule has 3 nitrogen and oxygen atoms in total. The van der Waals surface area contributed by atoms with Crippen LogP contribution in [-0.2, 0) is 6.54 Å². The second-order valence-corrected chi connectivity index (χ2v) is 5.03. The first-order chi connectivity index (χ1) is 9.24. The van der Waals surface area contributed by atoms with E-state index in [1.54, 1.807) is 12.1 Å². The van der Waals surface area contributed by atoms with Gasteiger partial charge in [-0.2, -0.15) is 0 Å². The molecule has 0 bridgehead atoms. The third-order valence-corrected chi connectivity index (χ3v) is 3.80. The fourth-order valence-corrected chi connectivity index (χ4v) is 2.69. The zero-order valence-electron chi connectivity index (χ0n) is 11.8. The van der Waals surface area contributed by atoms with E-state index in [0.29, 0.717) is 11.8 Å². The number of methoxy groups -OCH3 is 1. The molecule has 1 aromatic carbocycles. The molecule has 4 heteroatoms. The minimum Gasteiger partial charge on any atom is -0.494 e. The molecule has 1 N–H and O–H groups in total. The maximum atomic E-state index is 13.7. The third kappa shape index (κ3) is 3.67. The van der Waals surface area contributed by atoms with Crippen molar-refractivity contribution in [2.24, 2.45) is 0 Å². The number of nitrogens with one attached hydrogen (secondary N) is 1. The summed E-state index contributed by atoms with van der Waals surface area (Å²) >= 11 is 0. The lowest BCUT2D eigenvalue weighted by molar-refractivity contribution is 0.166. The molecule has 1 saturated heterocycles. The lowest BCUT2D eigenvalue weighted by Gasteiger charge is -2.34. The number of hydrogen-bond acceptors (Lipinski definition) is 3. The summed E-state index contributed by atoms with van der Waals surface area (Å²) in [6.45, 7) is 6.09. The molecule has 0 aromatic heterocycles. The van der Waals surface area contributed by atoms with Crippen molar-refractivity contribution in [1.29, 1.82) is 0 Å². The minimum atomic E-state index is -0.280. The second kappa shape index (κ2) is 6.87. The monoisotopic (exact) mass is 266 g/mol. The van der Waals surface area contributed by atoms with Crippen molar-refractivity contribution in [2.45, 2.75) is 32.4 Å². The van der Waals surface area contributed by atoms with Crippen LogP contribution in [0, 0.1) is 5.82 Å². The number of ether oxygens (including phenoxy) is 1. The molecule has 1 fully saturated rings. The molecule has 1 aromatic rings. The first kappa shape index (κ1) is 14.3. The maximum absolute atomic E-state index is 13.7. The summed E-state index contributed by atoms with van der Waals surface area (Å²) in [7, 11) is 1.49. The third-order valence-electron chi connectivity index (χ3n) is 3.80. The van der Waals surface area contributed by atoms with Gasteiger partial charge in [0.05, 0.1) is 7.11 Å². The van der Waals surface area contributed by atoms with Crippen LogP contribution in [0.1, 0.15) is 25.3 Å². The topological polar surface area (TPSA) is 24.5 Å². The van der Waals surface area contributed by atoms with Crippen LogP contribution in [0.3, 0.4) is 0 Å². The lowest BCUT2D eigenvalue weighted by atomic mass is 10.0. The molecular formula is C15H23FN2O. The van der Waals surface area contributed by atoms with Crippen molar-refractivity contribution in [3.63, 3.8) is 0 Å². The van der Waals surface area contributed by atoms with Gasteiger partial charge in [-0.1, -0.05) is 13.0 Å². The van der Waals surface area contributed by atoms with E-state index < -0.39 is 0 Å². The van der Waals surface area contributed by atoms with Gasteiger partial charge >= 0.3 is 0 Å². The summed E-state index contributed by atoms with van der Waals surface area (Å²) in [6.07, 6.45) is 2.44. The molecule has 1 aliphatic heterocycles. The van der Waals surface area contributed by atoms with Crippen molar-refractivity contribution in [1.82, 2.24) is 10.2 Å². The number of nitrogens with zero attached hydrogens (tertiary/aromatic N) is 1. The van der Waals surface area contributed by atoms with E-state index in [2.05, 4.69) is 17.1 Å². The van der Waals surface area contributed by atoms with Crippen LogP contribution in [0.4, 0.5) is 4.39 Å². The number of rotatable bonds is 5. The summed E-state index contributed by atoms with van der Waals surface area (Å²) in [5, 5.41) is 3.43. The molecule has 106 valence electrons. The molecule has 0 amide bonds. The van der Waals surface area contributed by atoms with Crippen LogP contribution >= 0.6 is 0 Å². The summed E-state index contributed by atoms with van der Waals surface area (Å²) in [4.78, 5) is 2.41. The Bertz CT molecular complexity index is 405. The molecule has 0 spiro atoms. The highest BCUT2D eigenvalue weighted by Gasteiger charge is 2.19. The lowest BCUT2D eigenvalue weighted by Crippen LogP contribution is -2.45. The van der Waals surface area contributed by atoms with Gasteiger partial charge in [0.15, 0.2) is 11.6 Å². The summed E-state index contributed by atoms with van der Waals surface area (Å²) in [5.41, 5.74) is 1.01. The Labute approximate surface area is 114 Å². The highest BCUT2D eigenvalue weighted by molar-refractivity contribution is 5.29. The molecule has 0 radical (unpaired) electrons. The van der Waals surface area contributed by atoms with Crippen LogP contribution in [0.5, 0.6) is 5.75 Å². The minimum absolute atomic E-state index is 0.280. The Hall–Kier alpha value is -1.13. The van der Waals surface area contributed by atoms with Crippen LogP contribution in [-0.4, -0.2) is 37.7 Å². The molecule has 19 heavy (non-hydrogen) atoms. The number of piperidine rings is 1. The quantitative estimate of drug-likeness (QED) is 0.885. The van der Waals surface area contributed by atoms with E-state index in [-0.39, 0.29) is 5.82 Å². The molecule has 1 heterocycles. The Morgan fingerprint density at radius 1 is 1.47 bits per heavy atom. The van der Waals surface area contributed by atoms with Gasteiger partial charge in [0.25, 0.3) is 0 Å². The normalized spacial score (nSPS) is 19.7. The van der Waals surface area contributed by atoms with E-state index in [1.807, 2.05) is 6.07 Å². The Balaban J connectivity index is 2.03. The van der Waals surface area contributed by atoms with Crippen LogP contribution < -0.4 is 10.1 Å². The highest BCUT2D eigenvalue weighted by atomic mass is 19.1. The van der Waals surface area contributed by atoms with Crippen LogP contribution in [0.25, 0.3) is 0 Å². The summed E-state index contributed by atoms with van der Waals surface area (Å²) in [5.74, 6) is 0.0314. The molecule has 1 unspecified atom stereocenters. The first-order valence-corrected chi connectivity index (χ1v) is 7.01. The molecule has 2 rings (SSSR count). The van der Waals surface area contributed by atoms with Gasteiger partial charge in [-0.3, -0.25) is 4.90 Å². The zero-order valence-corrected chi connectivity index (χ0v) is 11.8. The smallest absolute Gasteiger partial charge is 0.165 e. The zero-order chi connectivity index (χ0) is 13.7. The van der Waals surface area contributed by atoms with Crippen LogP contribution in [0.15, 0.2) is 18.2 Å². The second-order valence-electron chi connectivity index (χ2n) is 5.03. The van der Waals surface area contributed by atoms with Crippen LogP contribution in [0.2, 0.25) is 0 Å². The Morgan fingerprint density at radius 2 is 2.32 bits per heavy atom. The first-order valence-electron chi connectivity index (χ1n) is 7.01. The van der Waals surface area contributed by atoms with Gasteiger partial charge in [0.1, 0.15) is 0 Å². The van der Waals surface area contributed by atoms with Crippen molar-refractivity contribution in [2.75, 3.05) is 26.7 Å². The van der Waals surface area contributed by atoms with E-state index in [1.165, 1.54) is 20.0 Å². The Kier molecular flexibility index (Phi) is 5.16. The van der Waals surface area contributed by atoms with Crippen molar-refractivity contribution >= 4 is 0 Å². The van der Waals surface area contributed by atoms with Crippen molar-refractivity contribution in [3.05, 3.63) is 29.6 Å². The number of likely N-dealkylation sites (N-methyl/N-ethyl adjacent to an activating group) is 1. The molecular weight excluding hydrogens is 243 g/mol. The highest BCUT2D eigenvalue weighted by Crippen LogP contribution is 2.20. The van der Waals surface area contributed by atoms with E-state index >= 15 is 0 Å². The summed E-state index contributed by atoms with van der Waals surface area (Å²) in [6, 6.07) is 5.79. The fourth-order valence-electron chi connectivity index (χ4n) is 2.69. The molecule has 1 atom stereocenters. The summed E-state index contributed by atoms with van der Waals surface area (Å²) < 4.78 is 18.6. The van der Waals surface area contributed by atoms with Gasteiger partial charge in [0, 0.05) is 19.1 Å². The van der Waals surface area contributed by atoms with Gasteiger partial charge in [-0.15, -0.1) is 0 Å². The fraction of sp³-hybridized carbons (Fsp3) is 0.600. The Morgan fingerprint density at radius 3 is 2.89 bits per heavy atom. The van der Waals surface area contributed by atoms with Crippen molar-refractivity contribution < 1.29 is 9.13 Å². The van der Waals surface area contributed by atoms with Gasteiger partial charge in [-0.05, 0) is 43.6 Å². The van der Waals surface area contributed by atoms with E-state index in [4.69, 9.17) is 4.74 Å². The number of hydrogen-bond donors (Lipinski definition) is 1. The average Bonchev–Trinajstić information content (AvgIpc) is 2.46.